The maximum absolute atomic E-state index is 13.4. The lowest BCUT2D eigenvalue weighted by Crippen LogP contribution is -2.38. The van der Waals surface area contributed by atoms with Gasteiger partial charge in [0.1, 0.15) is 5.82 Å². The predicted octanol–water partition coefficient (Wildman–Crippen LogP) is 4.21. The average molecular weight is 442 g/mol. The highest BCUT2D eigenvalue weighted by atomic mass is 32.2. The molecule has 162 valence electrons. The molecule has 3 aromatic rings. The summed E-state index contributed by atoms with van der Waals surface area (Å²) in [6, 6.07) is 14.4. The molecule has 1 aliphatic rings. The Bertz CT molecular complexity index is 1170. The van der Waals surface area contributed by atoms with Crippen LogP contribution in [0.3, 0.4) is 0 Å². The molecule has 6 nitrogen and oxygen atoms in total. The average Bonchev–Trinajstić information content (AvgIpc) is 3.30. The van der Waals surface area contributed by atoms with Crippen LogP contribution in [-0.2, 0) is 10.0 Å². The summed E-state index contributed by atoms with van der Waals surface area (Å²) in [5, 5.41) is 0. The van der Waals surface area contributed by atoms with Crippen molar-refractivity contribution in [2.24, 2.45) is 0 Å². The topological polar surface area (TPSA) is 71.4 Å². The molecular weight excluding hydrogens is 417 g/mol. The van der Waals surface area contributed by atoms with E-state index in [4.69, 9.17) is 0 Å². The summed E-state index contributed by atoms with van der Waals surface area (Å²) < 4.78 is 43.2. The number of hydrogen-bond donors (Lipinski definition) is 1. The zero-order valence-corrected chi connectivity index (χ0v) is 18.0. The molecule has 1 N–H and O–H groups in total. The van der Waals surface area contributed by atoms with Crippen LogP contribution in [0.15, 0.2) is 71.9 Å². The summed E-state index contributed by atoms with van der Waals surface area (Å²) in [6.07, 6.45) is 5.90. The van der Waals surface area contributed by atoms with Crippen molar-refractivity contribution in [1.29, 1.82) is 0 Å². The second-order valence-corrected chi connectivity index (χ2v) is 9.43. The van der Waals surface area contributed by atoms with E-state index in [1.165, 1.54) is 19.1 Å². The molecular formula is C23H24FN3O3S. The Kier molecular flexibility index (Phi) is 5.82. The monoisotopic (exact) mass is 441 g/mol. The van der Waals surface area contributed by atoms with Gasteiger partial charge in [-0.05, 0) is 79.9 Å². The Balaban J connectivity index is 1.40. The number of benzene rings is 2. The fourth-order valence-electron chi connectivity index (χ4n) is 3.82. The number of likely N-dealkylation sites (tertiary alicyclic amines) is 1. The first-order valence-corrected chi connectivity index (χ1v) is 11.6. The third-order valence-electron chi connectivity index (χ3n) is 5.62. The van der Waals surface area contributed by atoms with Gasteiger partial charge in [-0.15, -0.1) is 0 Å². The molecule has 4 rings (SSSR count). The quantitative estimate of drug-likeness (QED) is 0.645. The lowest BCUT2D eigenvalue weighted by Gasteiger charge is -2.32. The molecule has 0 aliphatic carbocycles. The van der Waals surface area contributed by atoms with Gasteiger partial charge in [0.25, 0.3) is 15.9 Å². The number of amides is 1. The van der Waals surface area contributed by atoms with Crippen molar-refractivity contribution < 1.29 is 17.6 Å². The van der Waals surface area contributed by atoms with Crippen LogP contribution in [0.1, 0.15) is 34.8 Å². The Hall–Kier alpha value is -3.13. The molecule has 0 radical (unpaired) electrons. The lowest BCUT2D eigenvalue weighted by atomic mass is 10.0. The van der Waals surface area contributed by atoms with E-state index in [0.29, 0.717) is 30.4 Å². The van der Waals surface area contributed by atoms with Crippen LogP contribution in [-0.4, -0.2) is 36.9 Å². The van der Waals surface area contributed by atoms with Gasteiger partial charge in [0.05, 0.1) is 4.90 Å². The van der Waals surface area contributed by atoms with Gasteiger partial charge in [0.15, 0.2) is 0 Å². The molecule has 0 unspecified atom stereocenters. The molecule has 0 spiro atoms. The summed E-state index contributed by atoms with van der Waals surface area (Å²) in [6.45, 7) is 2.87. The van der Waals surface area contributed by atoms with Crippen LogP contribution in [0.2, 0.25) is 0 Å². The standard InChI is InChI=1S/C23H24FN3O3S/c1-17-16-21(8-9-22(17)24)31(29,30)25-19-6-4-18(5-7-19)23(28)27-14-10-20(11-15-27)26-12-2-3-13-26/h2-9,12-13,16,20,25H,10-11,14-15H2,1H3. The van der Waals surface area contributed by atoms with E-state index in [0.717, 1.165) is 18.9 Å². The number of halogens is 1. The van der Waals surface area contributed by atoms with Crippen molar-refractivity contribution in [3.8, 4) is 0 Å². The molecule has 2 heterocycles. The van der Waals surface area contributed by atoms with Crippen molar-refractivity contribution >= 4 is 21.6 Å². The minimum atomic E-state index is -3.85. The van der Waals surface area contributed by atoms with E-state index in [1.807, 2.05) is 17.0 Å². The van der Waals surface area contributed by atoms with Crippen LogP contribution in [0.5, 0.6) is 0 Å². The van der Waals surface area contributed by atoms with Crippen LogP contribution in [0.25, 0.3) is 0 Å². The number of carbonyl (C=O) groups excluding carboxylic acids is 1. The maximum Gasteiger partial charge on any atom is 0.261 e. The number of carbonyl (C=O) groups is 1. The first-order chi connectivity index (χ1) is 14.8. The number of nitrogens with zero attached hydrogens (tertiary/aromatic N) is 2. The number of aryl methyl sites for hydroxylation is 1. The number of anilines is 1. The van der Waals surface area contributed by atoms with Gasteiger partial charge in [-0.1, -0.05) is 0 Å². The van der Waals surface area contributed by atoms with Crippen LogP contribution < -0.4 is 4.72 Å². The van der Waals surface area contributed by atoms with Crippen LogP contribution in [0, 0.1) is 12.7 Å². The second-order valence-electron chi connectivity index (χ2n) is 7.75. The summed E-state index contributed by atoms with van der Waals surface area (Å²) in [5.74, 6) is -0.520. The van der Waals surface area contributed by atoms with Crippen LogP contribution >= 0.6 is 0 Å². The summed E-state index contributed by atoms with van der Waals surface area (Å²) >= 11 is 0. The molecule has 8 heteroatoms. The zero-order valence-electron chi connectivity index (χ0n) is 17.2. The molecule has 1 amide bonds. The van der Waals surface area contributed by atoms with E-state index in [2.05, 4.69) is 21.7 Å². The molecule has 2 aromatic carbocycles. The van der Waals surface area contributed by atoms with E-state index in [1.54, 1.807) is 24.3 Å². The van der Waals surface area contributed by atoms with E-state index in [9.17, 15) is 17.6 Å². The van der Waals surface area contributed by atoms with Gasteiger partial charge < -0.3 is 9.47 Å². The molecule has 1 aliphatic heterocycles. The fraction of sp³-hybridized carbons (Fsp3) is 0.261. The first kappa shape index (κ1) is 21.1. The van der Waals surface area contributed by atoms with Gasteiger partial charge in [-0.25, -0.2) is 12.8 Å². The molecule has 1 aromatic heterocycles. The number of rotatable bonds is 5. The molecule has 1 saturated heterocycles. The Morgan fingerprint density at radius 3 is 2.29 bits per heavy atom. The second kappa shape index (κ2) is 8.55. The Morgan fingerprint density at radius 2 is 1.68 bits per heavy atom. The third-order valence-corrected chi connectivity index (χ3v) is 7.00. The van der Waals surface area contributed by atoms with Gasteiger partial charge in [0, 0.05) is 42.8 Å². The van der Waals surface area contributed by atoms with Gasteiger partial charge in [-0.2, -0.15) is 0 Å². The highest BCUT2D eigenvalue weighted by Crippen LogP contribution is 2.24. The lowest BCUT2D eigenvalue weighted by molar-refractivity contribution is 0.0694. The molecule has 0 saturated carbocycles. The summed E-state index contributed by atoms with van der Waals surface area (Å²) in [5.41, 5.74) is 1.11. The summed E-state index contributed by atoms with van der Waals surface area (Å²) in [7, 11) is -3.85. The fourth-order valence-corrected chi connectivity index (χ4v) is 4.96. The normalized spacial score (nSPS) is 15.1. The predicted molar refractivity (Wildman–Crippen MR) is 117 cm³/mol. The molecule has 1 fully saturated rings. The smallest absolute Gasteiger partial charge is 0.261 e. The van der Waals surface area contributed by atoms with Crippen molar-refractivity contribution in [2.75, 3.05) is 17.8 Å². The SMILES string of the molecule is Cc1cc(S(=O)(=O)Nc2ccc(C(=O)N3CCC(n4cccc4)CC3)cc2)ccc1F. The summed E-state index contributed by atoms with van der Waals surface area (Å²) in [4.78, 5) is 14.6. The molecule has 31 heavy (non-hydrogen) atoms. The van der Waals surface area contributed by atoms with E-state index >= 15 is 0 Å². The minimum Gasteiger partial charge on any atom is -0.351 e. The van der Waals surface area contributed by atoms with Gasteiger partial charge in [-0.3, -0.25) is 9.52 Å². The van der Waals surface area contributed by atoms with Crippen molar-refractivity contribution in [3.05, 3.63) is 83.9 Å². The van der Waals surface area contributed by atoms with E-state index in [-0.39, 0.29) is 16.4 Å². The van der Waals surface area contributed by atoms with Crippen LogP contribution in [0.4, 0.5) is 10.1 Å². The Labute approximate surface area is 181 Å². The van der Waals surface area contributed by atoms with E-state index < -0.39 is 15.8 Å². The van der Waals surface area contributed by atoms with Gasteiger partial charge in [0.2, 0.25) is 0 Å². The Morgan fingerprint density at radius 1 is 1.03 bits per heavy atom. The number of piperidine rings is 1. The number of nitrogens with one attached hydrogen (secondary N) is 1. The number of hydrogen-bond acceptors (Lipinski definition) is 3. The van der Waals surface area contributed by atoms with Crippen molar-refractivity contribution in [2.45, 2.75) is 30.7 Å². The highest BCUT2D eigenvalue weighted by molar-refractivity contribution is 7.92. The highest BCUT2D eigenvalue weighted by Gasteiger charge is 2.24. The number of aromatic nitrogens is 1. The third kappa shape index (κ3) is 4.64. The molecule has 0 bridgehead atoms. The first-order valence-electron chi connectivity index (χ1n) is 10.1. The minimum absolute atomic E-state index is 0.0166. The van der Waals surface area contributed by atoms with Crippen molar-refractivity contribution in [1.82, 2.24) is 9.47 Å². The van der Waals surface area contributed by atoms with Crippen molar-refractivity contribution in [3.63, 3.8) is 0 Å². The van der Waals surface area contributed by atoms with Gasteiger partial charge >= 0.3 is 0 Å². The zero-order chi connectivity index (χ0) is 22.0. The largest absolute Gasteiger partial charge is 0.351 e. The molecule has 0 atom stereocenters. The number of sulfonamides is 1. The maximum atomic E-state index is 13.4.